The van der Waals surface area contributed by atoms with E-state index in [0.717, 1.165) is 49.8 Å². The number of fused-ring (bicyclic) bond motifs is 6. The third-order valence-electron chi connectivity index (χ3n) is 8.15. The zero-order valence-corrected chi connectivity index (χ0v) is 23.9. The van der Waals surface area contributed by atoms with Gasteiger partial charge in [-0.1, -0.05) is 54.6 Å². The number of furan rings is 1. The van der Waals surface area contributed by atoms with E-state index in [9.17, 15) is 15.8 Å². The molecule has 5 heteroatoms. The number of benzene rings is 6. The van der Waals surface area contributed by atoms with Gasteiger partial charge in [-0.25, -0.2) is 0 Å². The van der Waals surface area contributed by atoms with Crippen LogP contribution in [0.2, 0.25) is 0 Å². The van der Waals surface area contributed by atoms with Crippen molar-refractivity contribution in [2.75, 3.05) is 0 Å². The Morgan fingerprint density at radius 3 is 1.98 bits per heavy atom. The maximum Gasteiger partial charge on any atom is 0.136 e. The van der Waals surface area contributed by atoms with Gasteiger partial charge in [-0.3, -0.25) is 0 Å². The average Bonchev–Trinajstić information content (AvgIpc) is 3.65. The number of para-hydroxylation sites is 1. The topological polar surface area (TPSA) is 84.5 Å². The molecule has 44 heavy (non-hydrogen) atoms. The van der Waals surface area contributed by atoms with Crippen LogP contribution in [0, 0.1) is 34.0 Å². The van der Waals surface area contributed by atoms with Crippen LogP contribution >= 0.6 is 11.3 Å². The summed E-state index contributed by atoms with van der Waals surface area (Å²) < 4.78 is 8.66. The van der Waals surface area contributed by atoms with E-state index in [1.165, 1.54) is 20.2 Å². The van der Waals surface area contributed by atoms with Crippen molar-refractivity contribution in [3.8, 4) is 51.6 Å². The fourth-order valence-corrected chi connectivity index (χ4v) is 7.30. The van der Waals surface area contributed by atoms with Gasteiger partial charge in [0.25, 0.3) is 0 Å². The Hall–Kier alpha value is -6.19. The van der Waals surface area contributed by atoms with Gasteiger partial charge in [-0.2, -0.15) is 15.8 Å². The lowest BCUT2D eigenvalue weighted by Gasteiger charge is -2.14. The molecule has 0 unspecified atom stereocenters. The van der Waals surface area contributed by atoms with Crippen molar-refractivity contribution in [2.24, 2.45) is 0 Å². The molecule has 8 aromatic rings. The SMILES string of the molecule is N#Cc1cc(C#N)c(-c2cc(-c3ccc4sc5ccccc5c4c3)cc(-c3cccc4oc5ccccc5c34)c2)c(C#N)c1. The molecule has 0 aliphatic heterocycles. The summed E-state index contributed by atoms with van der Waals surface area (Å²) in [6, 6.07) is 44.9. The van der Waals surface area contributed by atoms with Crippen molar-refractivity contribution in [1.29, 1.82) is 15.8 Å². The summed E-state index contributed by atoms with van der Waals surface area (Å²) in [5.41, 5.74) is 7.61. The number of hydrogen-bond acceptors (Lipinski definition) is 5. The third-order valence-corrected chi connectivity index (χ3v) is 9.31. The minimum atomic E-state index is 0.280. The van der Waals surface area contributed by atoms with Crippen LogP contribution < -0.4 is 0 Å². The molecule has 0 aliphatic carbocycles. The number of thiophene rings is 1. The summed E-state index contributed by atoms with van der Waals surface area (Å²) >= 11 is 1.77. The van der Waals surface area contributed by atoms with Crippen LogP contribution in [0.3, 0.4) is 0 Å². The Balaban J connectivity index is 1.45. The second kappa shape index (κ2) is 9.97. The van der Waals surface area contributed by atoms with Crippen LogP contribution in [0.25, 0.3) is 75.5 Å². The predicted molar refractivity (Wildman–Crippen MR) is 177 cm³/mol. The molecule has 8 rings (SSSR count). The summed E-state index contributed by atoms with van der Waals surface area (Å²) in [6.07, 6.45) is 0. The predicted octanol–water partition coefficient (Wildman–Crippen LogP) is 10.6. The maximum atomic E-state index is 10.1. The van der Waals surface area contributed by atoms with E-state index in [-0.39, 0.29) is 16.7 Å². The molecule has 0 radical (unpaired) electrons. The Kier molecular flexibility index (Phi) is 5.78. The molecule has 0 amide bonds. The summed E-state index contributed by atoms with van der Waals surface area (Å²) in [6.45, 7) is 0. The highest BCUT2D eigenvalue weighted by Gasteiger charge is 2.19. The molecule has 0 saturated heterocycles. The Labute approximate surface area is 256 Å². The van der Waals surface area contributed by atoms with E-state index in [2.05, 4.69) is 78.9 Å². The van der Waals surface area contributed by atoms with Gasteiger partial charge in [0, 0.05) is 36.5 Å². The number of rotatable bonds is 3. The van der Waals surface area contributed by atoms with Crippen molar-refractivity contribution in [3.63, 3.8) is 0 Å². The van der Waals surface area contributed by atoms with E-state index in [1.807, 2.05) is 42.5 Å². The second-order valence-electron chi connectivity index (χ2n) is 10.7. The van der Waals surface area contributed by atoms with Gasteiger partial charge in [-0.05, 0) is 88.5 Å². The van der Waals surface area contributed by atoms with Gasteiger partial charge in [0.05, 0.1) is 34.9 Å². The molecule has 202 valence electrons. The van der Waals surface area contributed by atoms with Crippen LogP contribution in [0.5, 0.6) is 0 Å². The lowest BCUT2D eigenvalue weighted by molar-refractivity contribution is 0.669. The fraction of sp³-hybridized carbons (Fsp3) is 0. The first-order chi connectivity index (χ1) is 21.6. The molecule has 4 nitrogen and oxygen atoms in total. The van der Waals surface area contributed by atoms with Crippen LogP contribution in [0.15, 0.2) is 120 Å². The summed E-state index contributed by atoms with van der Waals surface area (Å²) in [4.78, 5) is 0. The van der Waals surface area contributed by atoms with Gasteiger partial charge < -0.3 is 4.42 Å². The van der Waals surface area contributed by atoms with Gasteiger partial charge in [-0.15, -0.1) is 11.3 Å². The van der Waals surface area contributed by atoms with Gasteiger partial charge in [0.2, 0.25) is 0 Å². The van der Waals surface area contributed by atoms with Crippen molar-refractivity contribution in [3.05, 3.63) is 132 Å². The van der Waals surface area contributed by atoms with Crippen LogP contribution in [0.4, 0.5) is 0 Å². The van der Waals surface area contributed by atoms with E-state index in [0.29, 0.717) is 5.56 Å². The van der Waals surface area contributed by atoms with E-state index in [4.69, 9.17) is 4.42 Å². The average molecular weight is 578 g/mol. The molecule has 2 aromatic heterocycles. The highest BCUT2D eigenvalue weighted by molar-refractivity contribution is 7.25. The first kappa shape index (κ1) is 25.5. The lowest BCUT2D eigenvalue weighted by Crippen LogP contribution is -1.94. The van der Waals surface area contributed by atoms with Crippen LogP contribution in [-0.4, -0.2) is 0 Å². The zero-order chi connectivity index (χ0) is 29.8. The van der Waals surface area contributed by atoms with Gasteiger partial charge in [0.1, 0.15) is 11.2 Å². The Bertz CT molecular complexity index is 2570. The summed E-state index contributed by atoms with van der Waals surface area (Å²) in [5.74, 6) is 0. The first-order valence-electron chi connectivity index (χ1n) is 14.0. The Morgan fingerprint density at radius 2 is 1.18 bits per heavy atom. The molecule has 0 fully saturated rings. The van der Waals surface area contributed by atoms with Crippen molar-refractivity contribution >= 4 is 53.4 Å². The first-order valence-corrected chi connectivity index (χ1v) is 14.8. The van der Waals surface area contributed by atoms with Crippen molar-refractivity contribution in [2.45, 2.75) is 0 Å². The minimum absolute atomic E-state index is 0.280. The molecule has 0 atom stereocenters. The third kappa shape index (κ3) is 3.95. The van der Waals surface area contributed by atoms with E-state index >= 15 is 0 Å². The maximum absolute atomic E-state index is 10.1. The van der Waals surface area contributed by atoms with Crippen LogP contribution in [0.1, 0.15) is 16.7 Å². The molecule has 0 N–H and O–H groups in total. The highest BCUT2D eigenvalue weighted by Crippen LogP contribution is 2.42. The Morgan fingerprint density at radius 1 is 0.500 bits per heavy atom. The monoisotopic (exact) mass is 577 g/mol. The molecule has 0 spiro atoms. The van der Waals surface area contributed by atoms with Gasteiger partial charge >= 0.3 is 0 Å². The molecule has 6 aromatic carbocycles. The van der Waals surface area contributed by atoms with Crippen LogP contribution in [-0.2, 0) is 0 Å². The normalized spacial score (nSPS) is 11.1. The molecule has 2 heterocycles. The van der Waals surface area contributed by atoms with Crippen molar-refractivity contribution < 1.29 is 4.42 Å². The highest BCUT2D eigenvalue weighted by atomic mass is 32.1. The second-order valence-corrected chi connectivity index (χ2v) is 11.8. The molecule has 0 aliphatic rings. The standard InChI is InChI=1S/C39H19N3OS/c40-20-23-14-28(21-41)38(29(15-23)22-42)27-17-25(24-12-13-37-33(19-24)31-6-2-4-11-36(31)44-37)16-26(18-27)30-8-5-10-35-39(30)32-7-1-3-9-34(32)43-35/h1-19H. The summed E-state index contributed by atoms with van der Waals surface area (Å²) in [7, 11) is 0. The number of hydrogen-bond donors (Lipinski definition) is 0. The molecular weight excluding hydrogens is 559 g/mol. The molecule has 0 saturated carbocycles. The lowest BCUT2D eigenvalue weighted by atomic mass is 9.88. The largest absolute Gasteiger partial charge is 0.456 e. The summed E-state index contributed by atoms with van der Waals surface area (Å²) in [5, 5.41) is 34.3. The quantitative estimate of drug-likeness (QED) is 0.209. The number of nitrogens with zero attached hydrogens (tertiary/aromatic N) is 3. The zero-order valence-electron chi connectivity index (χ0n) is 23.1. The molecular formula is C39H19N3OS. The number of nitriles is 3. The van der Waals surface area contributed by atoms with E-state index in [1.54, 1.807) is 23.5 Å². The minimum Gasteiger partial charge on any atom is -0.456 e. The smallest absolute Gasteiger partial charge is 0.136 e. The van der Waals surface area contributed by atoms with E-state index < -0.39 is 0 Å². The fourth-order valence-electron chi connectivity index (χ4n) is 6.21. The van der Waals surface area contributed by atoms with Crippen molar-refractivity contribution in [1.82, 2.24) is 0 Å². The van der Waals surface area contributed by atoms with Gasteiger partial charge in [0.15, 0.2) is 0 Å². The molecule has 0 bridgehead atoms.